The number of fused-ring (bicyclic) bond motifs is 3. The zero-order valence-electron chi connectivity index (χ0n) is 15.6. The maximum atomic E-state index is 12.9. The van der Waals surface area contributed by atoms with Crippen molar-refractivity contribution in [2.75, 3.05) is 10.7 Å². The fourth-order valence-electron chi connectivity index (χ4n) is 3.06. The van der Waals surface area contributed by atoms with Crippen molar-refractivity contribution in [3.8, 4) is 17.1 Å². The molecule has 142 valence electrons. The summed E-state index contributed by atoms with van der Waals surface area (Å²) in [4.78, 5) is 23.6. The van der Waals surface area contributed by atoms with Gasteiger partial charge in [-0.3, -0.25) is 14.7 Å². The van der Waals surface area contributed by atoms with Crippen LogP contribution >= 0.6 is 11.8 Å². The maximum Gasteiger partial charge on any atom is 0.247 e. The summed E-state index contributed by atoms with van der Waals surface area (Å²) in [6.07, 6.45) is 1.27. The molecule has 1 aromatic carbocycles. The smallest absolute Gasteiger partial charge is 0.247 e. The van der Waals surface area contributed by atoms with E-state index in [9.17, 15) is 4.79 Å². The van der Waals surface area contributed by atoms with E-state index in [4.69, 9.17) is 4.74 Å². The predicted molar refractivity (Wildman–Crippen MR) is 107 cm³/mol. The van der Waals surface area contributed by atoms with E-state index < -0.39 is 6.23 Å². The Balaban J connectivity index is 1.95. The largest absolute Gasteiger partial charge is 0.445 e. The zero-order chi connectivity index (χ0) is 19.5. The highest BCUT2D eigenvalue weighted by atomic mass is 32.2. The Bertz CT molecular complexity index is 999. The summed E-state index contributed by atoms with van der Waals surface area (Å²) in [5, 5.41) is 9.12. The molecule has 28 heavy (non-hydrogen) atoms. The molecule has 0 saturated carbocycles. The molecule has 0 aliphatic carbocycles. The topological polar surface area (TPSA) is 81.1 Å². The predicted octanol–water partition coefficient (Wildman–Crippen LogP) is 3.88. The molecule has 1 amide bonds. The van der Waals surface area contributed by atoms with Gasteiger partial charge >= 0.3 is 0 Å². The average Bonchev–Trinajstić information content (AvgIpc) is 2.88. The molecule has 0 unspecified atom stereocenters. The molecule has 1 aliphatic rings. The van der Waals surface area contributed by atoms with Gasteiger partial charge in [0.2, 0.25) is 23.2 Å². The number of rotatable bonds is 4. The highest BCUT2D eigenvalue weighted by Gasteiger charge is 2.35. The number of hydrogen-bond acceptors (Lipinski definition) is 7. The third kappa shape index (κ3) is 3.31. The van der Waals surface area contributed by atoms with Crippen molar-refractivity contribution < 1.29 is 9.53 Å². The minimum Gasteiger partial charge on any atom is -0.445 e. The number of nitrogens with zero attached hydrogens (tertiary/aromatic N) is 5. The highest BCUT2D eigenvalue weighted by Crippen LogP contribution is 2.43. The van der Waals surface area contributed by atoms with Crippen molar-refractivity contribution in [2.24, 2.45) is 0 Å². The van der Waals surface area contributed by atoms with Crippen molar-refractivity contribution in [1.29, 1.82) is 0 Å². The third-order valence-electron chi connectivity index (χ3n) is 4.30. The molecular formula is C20H19N5O2S. The number of carbonyl (C=O) groups is 1. The van der Waals surface area contributed by atoms with Crippen LogP contribution in [0.5, 0.6) is 5.88 Å². The van der Waals surface area contributed by atoms with Gasteiger partial charge < -0.3 is 4.74 Å². The number of amides is 1. The minimum atomic E-state index is -0.743. The Labute approximate surface area is 167 Å². The van der Waals surface area contributed by atoms with Gasteiger partial charge in [0, 0.05) is 18.2 Å². The van der Waals surface area contributed by atoms with E-state index in [1.807, 2.05) is 56.3 Å². The van der Waals surface area contributed by atoms with Gasteiger partial charge in [-0.25, -0.2) is 0 Å². The summed E-state index contributed by atoms with van der Waals surface area (Å²) in [5.74, 6) is 1.09. The van der Waals surface area contributed by atoms with Crippen LogP contribution in [0, 0.1) is 0 Å². The lowest BCUT2D eigenvalue weighted by Crippen LogP contribution is -2.37. The van der Waals surface area contributed by atoms with Crippen LogP contribution in [0.3, 0.4) is 0 Å². The number of pyridine rings is 1. The molecule has 8 heteroatoms. The fourth-order valence-corrected chi connectivity index (χ4v) is 3.56. The molecule has 0 N–H and O–H groups in total. The van der Waals surface area contributed by atoms with Crippen molar-refractivity contribution in [3.05, 3.63) is 54.4 Å². The first-order valence-electron chi connectivity index (χ1n) is 9.09. The molecule has 0 fully saturated rings. The van der Waals surface area contributed by atoms with Crippen molar-refractivity contribution in [1.82, 2.24) is 20.2 Å². The van der Waals surface area contributed by atoms with Crippen LogP contribution < -0.4 is 9.64 Å². The zero-order valence-corrected chi connectivity index (χ0v) is 16.4. The molecule has 1 atom stereocenters. The lowest BCUT2D eigenvalue weighted by atomic mass is 10.1. The summed E-state index contributed by atoms with van der Waals surface area (Å²) < 4.78 is 6.26. The van der Waals surface area contributed by atoms with E-state index in [1.165, 1.54) is 11.8 Å². The van der Waals surface area contributed by atoms with Crippen molar-refractivity contribution in [3.63, 3.8) is 0 Å². The molecule has 0 saturated heterocycles. The van der Waals surface area contributed by atoms with Crippen molar-refractivity contribution in [2.45, 2.75) is 31.7 Å². The Morgan fingerprint density at radius 2 is 1.96 bits per heavy atom. The standard InChI is InChI=1S/C20H19N5O2S/c1-3-16(26)25-15-11-6-5-9-13(15)17-18(22-20(24-23-17)28-4-2)27-19(25)14-10-7-8-12-21-14/h5-12,19H,3-4H2,1-2H3/t19-/m0/s1. The number of para-hydroxylation sites is 1. The lowest BCUT2D eigenvalue weighted by molar-refractivity contribution is -0.120. The Hall–Kier alpha value is -3.00. The molecule has 2 aromatic heterocycles. The first-order chi connectivity index (χ1) is 13.7. The van der Waals surface area contributed by atoms with Gasteiger partial charge in [-0.05, 0) is 24.0 Å². The number of hydrogen-bond donors (Lipinski definition) is 0. The molecular weight excluding hydrogens is 374 g/mol. The van der Waals surface area contributed by atoms with Gasteiger partial charge in [-0.1, -0.05) is 49.9 Å². The third-order valence-corrected chi connectivity index (χ3v) is 5.02. The van der Waals surface area contributed by atoms with Gasteiger partial charge in [0.15, 0.2) is 5.69 Å². The average molecular weight is 393 g/mol. The van der Waals surface area contributed by atoms with E-state index in [1.54, 1.807) is 11.1 Å². The van der Waals surface area contributed by atoms with Crippen LogP contribution in [0.2, 0.25) is 0 Å². The molecule has 7 nitrogen and oxygen atoms in total. The molecule has 0 spiro atoms. The Morgan fingerprint density at radius 3 is 2.71 bits per heavy atom. The summed E-state index contributed by atoms with van der Waals surface area (Å²) in [7, 11) is 0. The minimum absolute atomic E-state index is 0.0768. The number of carbonyl (C=O) groups excluding carboxylic acids is 1. The van der Waals surface area contributed by atoms with Crippen LogP contribution in [0.15, 0.2) is 53.8 Å². The maximum absolute atomic E-state index is 12.9. The molecule has 3 aromatic rings. The van der Waals surface area contributed by atoms with E-state index in [2.05, 4.69) is 20.2 Å². The van der Waals surface area contributed by atoms with Crippen LogP contribution in [0.4, 0.5) is 5.69 Å². The number of anilines is 1. The normalized spacial score (nSPS) is 15.2. The SMILES string of the molecule is CCSc1nnc2c(n1)O[C@@H](c1ccccn1)N(C(=O)CC)c1ccccc1-2. The number of ether oxygens (including phenoxy) is 1. The van der Waals surface area contributed by atoms with Crippen molar-refractivity contribution >= 4 is 23.4 Å². The van der Waals surface area contributed by atoms with E-state index in [0.717, 1.165) is 11.3 Å². The lowest BCUT2D eigenvalue weighted by Gasteiger charge is -2.29. The van der Waals surface area contributed by atoms with Gasteiger partial charge in [0.25, 0.3) is 0 Å². The second-order valence-corrected chi connectivity index (χ2v) is 7.27. The number of benzene rings is 1. The first-order valence-corrected chi connectivity index (χ1v) is 10.1. The van der Waals surface area contributed by atoms with Gasteiger partial charge in [0.1, 0.15) is 5.69 Å². The van der Waals surface area contributed by atoms with E-state index in [0.29, 0.717) is 34.5 Å². The van der Waals surface area contributed by atoms with E-state index in [-0.39, 0.29) is 5.91 Å². The Morgan fingerprint density at radius 1 is 1.14 bits per heavy atom. The van der Waals surface area contributed by atoms with Crippen LogP contribution in [-0.4, -0.2) is 31.8 Å². The summed E-state index contributed by atoms with van der Waals surface area (Å²) in [5.41, 5.74) is 2.60. The molecule has 3 heterocycles. The molecule has 0 radical (unpaired) electrons. The van der Waals surface area contributed by atoms with Crippen LogP contribution in [0.1, 0.15) is 32.2 Å². The van der Waals surface area contributed by atoms with Crippen LogP contribution in [0.25, 0.3) is 11.3 Å². The summed E-state index contributed by atoms with van der Waals surface area (Å²) in [6, 6.07) is 13.1. The van der Waals surface area contributed by atoms with Gasteiger partial charge in [-0.15, -0.1) is 10.2 Å². The Kier molecular flexibility index (Phi) is 5.21. The van der Waals surface area contributed by atoms with E-state index >= 15 is 0 Å². The van der Waals surface area contributed by atoms with Gasteiger partial charge in [-0.2, -0.15) is 4.98 Å². The molecule has 0 bridgehead atoms. The quantitative estimate of drug-likeness (QED) is 0.622. The van der Waals surface area contributed by atoms with Crippen LogP contribution in [-0.2, 0) is 4.79 Å². The number of aromatic nitrogens is 4. The number of thioether (sulfide) groups is 1. The summed E-state index contributed by atoms with van der Waals surface area (Å²) in [6.45, 7) is 3.85. The highest BCUT2D eigenvalue weighted by molar-refractivity contribution is 7.99. The second kappa shape index (κ2) is 7.93. The molecule has 1 aliphatic heterocycles. The monoisotopic (exact) mass is 393 g/mol. The first kappa shape index (κ1) is 18.4. The van der Waals surface area contributed by atoms with Gasteiger partial charge in [0.05, 0.1) is 5.69 Å². The summed E-state index contributed by atoms with van der Waals surface area (Å²) >= 11 is 1.48. The fraction of sp³-hybridized carbons (Fsp3) is 0.250. The molecule has 4 rings (SSSR count). The second-order valence-electron chi connectivity index (χ2n) is 6.04.